The van der Waals surface area contributed by atoms with E-state index in [-0.39, 0.29) is 24.3 Å². The maximum atomic E-state index is 13.5. The molecule has 0 atom stereocenters. The van der Waals surface area contributed by atoms with Crippen LogP contribution in [0.15, 0.2) is 78.1 Å². The zero-order valence-electron chi connectivity index (χ0n) is 17.1. The number of nitrogens with one attached hydrogen (secondary N) is 1. The molecule has 0 saturated heterocycles. The molecule has 0 unspecified atom stereocenters. The van der Waals surface area contributed by atoms with Gasteiger partial charge in [-0.25, -0.2) is 9.37 Å². The van der Waals surface area contributed by atoms with Crippen LogP contribution in [0.2, 0.25) is 5.02 Å². The molecule has 6 nitrogen and oxygen atoms in total. The number of benzene rings is 3. The Morgan fingerprint density at radius 1 is 1.09 bits per heavy atom. The molecule has 0 saturated carbocycles. The van der Waals surface area contributed by atoms with Crippen LogP contribution in [0, 0.1) is 5.82 Å². The molecule has 0 aliphatic carbocycles. The lowest BCUT2D eigenvalue weighted by Crippen LogP contribution is -2.14. The highest BCUT2D eigenvalue weighted by atomic mass is 35.5. The summed E-state index contributed by atoms with van der Waals surface area (Å²) in [6, 6.07) is 18.6. The normalized spacial score (nSPS) is 12.1. The molecule has 3 aromatic carbocycles. The standard InChI is InChI=1S/C24H17ClFN3O3S/c25-16-2-1-3-18(11-16)27-23(30)13-33-24-28-20(12-29(24)19-7-5-17(26)6-8-19)15-4-9-21-22(10-15)32-14-31-21/h1-12H,13-14H2,(H,27,30). The zero-order chi connectivity index (χ0) is 22.8. The van der Waals surface area contributed by atoms with Crippen molar-refractivity contribution in [1.82, 2.24) is 9.55 Å². The molecule has 1 aliphatic rings. The first kappa shape index (κ1) is 21.4. The number of imidazole rings is 1. The van der Waals surface area contributed by atoms with Gasteiger partial charge in [-0.2, -0.15) is 0 Å². The first-order valence-corrected chi connectivity index (χ1v) is 11.3. The summed E-state index contributed by atoms with van der Waals surface area (Å²) < 4.78 is 26.2. The number of hydrogen-bond donors (Lipinski definition) is 1. The Morgan fingerprint density at radius 3 is 2.73 bits per heavy atom. The minimum absolute atomic E-state index is 0.130. The Bertz CT molecular complexity index is 1330. The Kier molecular flexibility index (Phi) is 5.93. The van der Waals surface area contributed by atoms with Gasteiger partial charge in [-0.15, -0.1) is 0 Å². The van der Waals surface area contributed by atoms with Gasteiger partial charge in [0.25, 0.3) is 0 Å². The first-order chi connectivity index (χ1) is 16.0. The van der Waals surface area contributed by atoms with E-state index in [1.165, 1.54) is 23.9 Å². The van der Waals surface area contributed by atoms with Crippen LogP contribution in [0.25, 0.3) is 16.9 Å². The highest BCUT2D eigenvalue weighted by molar-refractivity contribution is 7.99. The van der Waals surface area contributed by atoms with Gasteiger partial charge in [0.1, 0.15) is 5.82 Å². The van der Waals surface area contributed by atoms with E-state index in [0.717, 1.165) is 11.3 Å². The lowest BCUT2D eigenvalue weighted by molar-refractivity contribution is -0.113. The molecule has 1 amide bonds. The summed E-state index contributed by atoms with van der Waals surface area (Å²) in [6.45, 7) is 0.186. The smallest absolute Gasteiger partial charge is 0.234 e. The topological polar surface area (TPSA) is 65.4 Å². The van der Waals surface area contributed by atoms with Gasteiger partial charge in [0.05, 0.1) is 11.4 Å². The van der Waals surface area contributed by atoms with Crippen molar-refractivity contribution in [3.63, 3.8) is 0 Å². The molecule has 1 N–H and O–H groups in total. The third-order valence-corrected chi connectivity index (χ3v) is 6.08. The van der Waals surface area contributed by atoms with Gasteiger partial charge in [0.2, 0.25) is 12.7 Å². The Morgan fingerprint density at radius 2 is 1.91 bits per heavy atom. The van der Waals surface area contributed by atoms with Crippen LogP contribution in [-0.2, 0) is 4.79 Å². The molecule has 0 fully saturated rings. The number of carbonyl (C=O) groups is 1. The van der Waals surface area contributed by atoms with Gasteiger partial charge in [-0.1, -0.05) is 29.4 Å². The number of amides is 1. The summed E-state index contributed by atoms with van der Waals surface area (Å²) in [7, 11) is 0. The summed E-state index contributed by atoms with van der Waals surface area (Å²) in [5.74, 6) is 0.944. The van der Waals surface area contributed by atoms with Gasteiger partial charge in [-0.05, 0) is 60.7 Å². The minimum Gasteiger partial charge on any atom is -0.454 e. The molecule has 166 valence electrons. The van der Waals surface area contributed by atoms with E-state index in [9.17, 15) is 9.18 Å². The first-order valence-electron chi connectivity index (χ1n) is 9.99. The molecule has 9 heteroatoms. The van der Waals surface area contributed by atoms with Crippen molar-refractivity contribution < 1.29 is 18.7 Å². The molecular formula is C24H17ClFN3O3S. The molecule has 1 aliphatic heterocycles. The average Bonchev–Trinajstić information content (AvgIpc) is 3.45. The van der Waals surface area contributed by atoms with E-state index in [2.05, 4.69) is 5.32 Å². The predicted molar refractivity (Wildman–Crippen MR) is 126 cm³/mol. The third-order valence-electron chi connectivity index (χ3n) is 4.89. The van der Waals surface area contributed by atoms with Crippen molar-refractivity contribution in [2.75, 3.05) is 17.9 Å². The molecule has 2 heterocycles. The maximum absolute atomic E-state index is 13.5. The van der Waals surface area contributed by atoms with Crippen molar-refractivity contribution in [1.29, 1.82) is 0 Å². The molecular weight excluding hydrogens is 465 g/mol. The SMILES string of the molecule is O=C(CSc1nc(-c2ccc3c(c2)OCO3)cn1-c1ccc(F)cc1)Nc1cccc(Cl)c1. The van der Waals surface area contributed by atoms with Crippen LogP contribution in [0.5, 0.6) is 11.5 Å². The highest BCUT2D eigenvalue weighted by Crippen LogP contribution is 2.36. The number of anilines is 1. The number of thioether (sulfide) groups is 1. The quantitative estimate of drug-likeness (QED) is 0.353. The van der Waals surface area contributed by atoms with Gasteiger partial charge < -0.3 is 14.8 Å². The number of hydrogen-bond acceptors (Lipinski definition) is 5. The second-order valence-corrected chi connectivity index (χ2v) is 8.55. The Balaban J connectivity index is 1.41. The van der Waals surface area contributed by atoms with E-state index in [0.29, 0.717) is 33.1 Å². The van der Waals surface area contributed by atoms with Crippen LogP contribution in [0.3, 0.4) is 0 Å². The predicted octanol–water partition coefficient (Wildman–Crippen LogP) is 5.79. The number of rotatable bonds is 6. The number of ether oxygens (including phenoxy) is 2. The van der Waals surface area contributed by atoms with Crippen LogP contribution in [0.4, 0.5) is 10.1 Å². The van der Waals surface area contributed by atoms with Crippen molar-refractivity contribution in [3.8, 4) is 28.4 Å². The fourth-order valence-corrected chi connectivity index (χ4v) is 4.32. The molecule has 5 rings (SSSR count). The van der Waals surface area contributed by atoms with E-state index in [1.807, 2.05) is 29.0 Å². The number of fused-ring (bicyclic) bond motifs is 1. The number of nitrogens with zero attached hydrogens (tertiary/aromatic N) is 2. The number of halogens is 2. The monoisotopic (exact) mass is 481 g/mol. The second-order valence-electron chi connectivity index (χ2n) is 7.17. The lowest BCUT2D eigenvalue weighted by Gasteiger charge is -2.08. The van der Waals surface area contributed by atoms with Crippen molar-refractivity contribution in [2.24, 2.45) is 0 Å². The number of carbonyl (C=O) groups excluding carboxylic acids is 1. The average molecular weight is 482 g/mol. The van der Waals surface area contributed by atoms with Gasteiger partial charge in [0.15, 0.2) is 16.7 Å². The summed E-state index contributed by atoms with van der Waals surface area (Å²) in [4.78, 5) is 17.2. The van der Waals surface area contributed by atoms with Crippen molar-refractivity contribution in [3.05, 3.63) is 83.8 Å². The highest BCUT2D eigenvalue weighted by Gasteiger charge is 2.18. The van der Waals surface area contributed by atoms with Crippen LogP contribution >= 0.6 is 23.4 Å². The van der Waals surface area contributed by atoms with Crippen LogP contribution in [0.1, 0.15) is 0 Å². The maximum Gasteiger partial charge on any atom is 0.234 e. The third kappa shape index (κ3) is 4.81. The molecule has 33 heavy (non-hydrogen) atoms. The Labute approximate surface area is 198 Å². The van der Waals surface area contributed by atoms with E-state index < -0.39 is 0 Å². The van der Waals surface area contributed by atoms with Crippen LogP contribution in [-0.4, -0.2) is 28.0 Å². The molecule has 0 radical (unpaired) electrons. The molecule has 4 aromatic rings. The lowest BCUT2D eigenvalue weighted by atomic mass is 10.1. The van der Waals surface area contributed by atoms with Gasteiger partial charge in [-0.3, -0.25) is 9.36 Å². The fraction of sp³-hybridized carbons (Fsp3) is 0.0833. The summed E-state index contributed by atoms with van der Waals surface area (Å²) in [5.41, 5.74) is 2.88. The number of aromatic nitrogens is 2. The molecule has 1 aromatic heterocycles. The molecule has 0 spiro atoms. The largest absolute Gasteiger partial charge is 0.454 e. The van der Waals surface area contributed by atoms with Gasteiger partial charge in [0, 0.05) is 28.2 Å². The fourth-order valence-electron chi connectivity index (χ4n) is 3.34. The van der Waals surface area contributed by atoms with E-state index in [4.69, 9.17) is 26.1 Å². The van der Waals surface area contributed by atoms with Crippen LogP contribution < -0.4 is 14.8 Å². The van der Waals surface area contributed by atoms with E-state index >= 15 is 0 Å². The van der Waals surface area contributed by atoms with Crippen molar-refractivity contribution >= 4 is 35.0 Å². The second kappa shape index (κ2) is 9.17. The zero-order valence-corrected chi connectivity index (χ0v) is 18.7. The summed E-state index contributed by atoms with van der Waals surface area (Å²) in [6.07, 6.45) is 1.85. The van der Waals surface area contributed by atoms with E-state index in [1.54, 1.807) is 36.4 Å². The van der Waals surface area contributed by atoms with Crippen molar-refractivity contribution in [2.45, 2.75) is 5.16 Å². The molecule has 0 bridgehead atoms. The Hall–Kier alpha value is -3.49. The summed E-state index contributed by atoms with van der Waals surface area (Å²) >= 11 is 7.26. The van der Waals surface area contributed by atoms with Gasteiger partial charge >= 0.3 is 0 Å². The minimum atomic E-state index is -0.329. The summed E-state index contributed by atoms with van der Waals surface area (Å²) in [5, 5.41) is 3.96.